The number of fused-ring (bicyclic) bond motifs is 3. The molecule has 6 N–H and O–H groups in total. The Morgan fingerprint density at radius 2 is 1.92 bits per heavy atom. The second-order valence-electron chi connectivity index (χ2n) is 11.2. The average Bonchev–Trinajstić information content (AvgIpc) is 3.66. The summed E-state index contributed by atoms with van der Waals surface area (Å²) in [5.41, 5.74) is 1.48. The monoisotopic (exact) mass is 528 g/mol. The fraction of sp³-hybridized carbons (Fsp3) is 0.536. The maximum Gasteiger partial charge on any atom is 0.255 e. The number of allylic oxidation sites excluding steroid dienone is 2. The smallest absolute Gasteiger partial charge is 0.255 e. The van der Waals surface area contributed by atoms with Gasteiger partial charge in [-0.2, -0.15) is 0 Å². The molecule has 0 aromatic heterocycles. The van der Waals surface area contributed by atoms with E-state index in [9.17, 15) is 34.8 Å². The molecule has 5 rings (SSSR count). The lowest BCUT2D eigenvalue weighted by atomic mass is 9.60. The fourth-order valence-corrected chi connectivity index (χ4v) is 6.36. The molecule has 1 unspecified atom stereocenters. The first kappa shape index (κ1) is 26.4. The van der Waals surface area contributed by atoms with Crippen molar-refractivity contribution in [3.8, 4) is 5.75 Å². The van der Waals surface area contributed by atoms with Crippen molar-refractivity contribution in [1.82, 2.24) is 4.90 Å². The van der Waals surface area contributed by atoms with E-state index in [1.165, 1.54) is 6.07 Å². The van der Waals surface area contributed by atoms with E-state index in [1.807, 2.05) is 0 Å². The number of phenolic OH excluding ortho intramolecular Hbond substituents is 1. The molecule has 10 heteroatoms. The van der Waals surface area contributed by atoms with Crippen LogP contribution in [0.25, 0.3) is 0 Å². The zero-order valence-electron chi connectivity index (χ0n) is 21.3. The molecule has 38 heavy (non-hydrogen) atoms. The number of hydrogen-bond acceptors (Lipinski definition) is 8. The van der Waals surface area contributed by atoms with E-state index < -0.39 is 63.6 Å². The van der Waals surface area contributed by atoms with Gasteiger partial charge in [0.25, 0.3) is 5.91 Å². The van der Waals surface area contributed by atoms with Crippen LogP contribution in [0.3, 0.4) is 0 Å². The zero-order valence-corrected chi connectivity index (χ0v) is 21.3. The van der Waals surface area contributed by atoms with E-state index in [0.29, 0.717) is 12.5 Å². The maximum absolute atomic E-state index is 15.9. The number of rotatable bonds is 8. The number of carbonyl (C=O) groups excluding carboxylic acids is 3. The predicted molar refractivity (Wildman–Crippen MR) is 134 cm³/mol. The molecule has 1 amide bonds. The second kappa shape index (κ2) is 9.50. The van der Waals surface area contributed by atoms with Crippen molar-refractivity contribution in [1.29, 1.82) is 0 Å². The molecule has 0 bridgehead atoms. The third-order valence-corrected chi connectivity index (χ3v) is 8.51. The number of primary amides is 1. The minimum Gasteiger partial charge on any atom is -0.511 e. The van der Waals surface area contributed by atoms with Gasteiger partial charge in [-0.25, -0.2) is 4.39 Å². The molecule has 4 aliphatic rings. The summed E-state index contributed by atoms with van der Waals surface area (Å²) in [6.07, 6.45) is 3.86. The van der Waals surface area contributed by atoms with E-state index in [-0.39, 0.29) is 41.5 Å². The third-order valence-electron chi connectivity index (χ3n) is 8.51. The number of halogens is 1. The molecule has 0 saturated heterocycles. The Morgan fingerprint density at radius 3 is 2.55 bits per heavy atom. The molecule has 9 nitrogen and oxygen atoms in total. The van der Waals surface area contributed by atoms with Crippen LogP contribution >= 0.6 is 0 Å². The largest absolute Gasteiger partial charge is 0.511 e. The Hall–Kier alpha value is -3.24. The van der Waals surface area contributed by atoms with Crippen molar-refractivity contribution in [3.63, 3.8) is 0 Å². The first-order chi connectivity index (χ1) is 18.0. The van der Waals surface area contributed by atoms with Crippen LogP contribution in [-0.4, -0.2) is 61.5 Å². The SMILES string of the molecule is CCCCN(Cc1cc(O)c2c(c1F)CC1C[C@H]3CC(O)=C(C(N)=O)C(=O)[C@@]3(O)C(O)=C1C2=O)CC1CC1. The minimum atomic E-state index is -2.63. The summed E-state index contributed by atoms with van der Waals surface area (Å²) in [5, 5.41) is 43.5. The van der Waals surface area contributed by atoms with Crippen LogP contribution in [0.4, 0.5) is 4.39 Å². The number of Topliss-reactive ketones (excluding diaryl/α,β-unsaturated/α-hetero) is 2. The fourth-order valence-electron chi connectivity index (χ4n) is 6.36. The van der Waals surface area contributed by atoms with E-state index in [1.54, 1.807) is 0 Å². The van der Waals surface area contributed by atoms with Gasteiger partial charge in [0, 0.05) is 42.1 Å². The predicted octanol–water partition coefficient (Wildman–Crippen LogP) is 2.73. The van der Waals surface area contributed by atoms with Crippen LogP contribution in [0.15, 0.2) is 28.7 Å². The summed E-state index contributed by atoms with van der Waals surface area (Å²) >= 11 is 0. The number of aliphatic hydroxyl groups is 3. The quantitative estimate of drug-likeness (QED) is 0.322. The number of ketones is 2. The number of amides is 1. The maximum atomic E-state index is 15.9. The lowest BCUT2D eigenvalue weighted by Crippen LogP contribution is -2.57. The molecular formula is C28H33FN2O7. The van der Waals surface area contributed by atoms with Gasteiger partial charge in [-0.3, -0.25) is 19.3 Å². The van der Waals surface area contributed by atoms with E-state index >= 15 is 4.39 Å². The number of benzene rings is 1. The van der Waals surface area contributed by atoms with Gasteiger partial charge in [-0.05, 0) is 56.6 Å². The summed E-state index contributed by atoms with van der Waals surface area (Å²) in [4.78, 5) is 40.5. The summed E-state index contributed by atoms with van der Waals surface area (Å²) in [6, 6.07) is 1.24. The van der Waals surface area contributed by atoms with Gasteiger partial charge < -0.3 is 26.2 Å². The van der Waals surface area contributed by atoms with Crippen molar-refractivity contribution in [2.45, 2.75) is 64.0 Å². The van der Waals surface area contributed by atoms with Crippen molar-refractivity contribution in [2.24, 2.45) is 23.5 Å². The zero-order chi connectivity index (χ0) is 27.5. The molecule has 3 atom stereocenters. The number of unbranched alkanes of at least 4 members (excludes halogenated alkanes) is 1. The highest BCUT2D eigenvalue weighted by atomic mass is 19.1. The van der Waals surface area contributed by atoms with Gasteiger partial charge in [-0.1, -0.05) is 13.3 Å². The number of nitrogens with zero attached hydrogens (tertiary/aromatic N) is 1. The van der Waals surface area contributed by atoms with Gasteiger partial charge in [0.2, 0.25) is 5.78 Å². The van der Waals surface area contributed by atoms with Gasteiger partial charge in [0.05, 0.1) is 5.56 Å². The van der Waals surface area contributed by atoms with Gasteiger partial charge in [-0.15, -0.1) is 0 Å². The molecule has 0 spiro atoms. The first-order valence-electron chi connectivity index (χ1n) is 13.2. The normalized spacial score (nSPS) is 26.9. The van der Waals surface area contributed by atoms with Crippen LogP contribution in [0, 0.1) is 23.6 Å². The van der Waals surface area contributed by atoms with E-state index in [0.717, 1.165) is 38.8 Å². The number of phenols is 1. The third kappa shape index (κ3) is 4.10. The standard InChI is InChI=1S/C28H33FN2O7/c1-2-3-6-31(11-13-4-5-13)12-15-9-18(32)21-17(23(15)29)8-14-7-16-10-19(33)22(27(30)37)26(36)28(16,38)25(35)20(14)24(21)34/h9,13-14,16,32-33,35,38H,2-8,10-12H2,1H3,(H2,30,37)/t14?,16-,28-/m0/s1. The van der Waals surface area contributed by atoms with Crippen LogP contribution < -0.4 is 5.73 Å². The highest BCUT2D eigenvalue weighted by Gasteiger charge is 2.59. The lowest BCUT2D eigenvalue weighted by Gasteiger charge is -2.45. The molecule has 0 aliphatic heterocycles. The van der Waals surface area contributed by atoms with Crippen LogP contribution in [-0.2, 0) is 22.6 Å². The van der Waals surface area contributed by atoms with Crippen LogP contribution in [0.2, 0.25) is 0 Å². The summed E-state index contributed by atoms with van der Waals surface area (Å²) < 4.78 is 15.9. The van der Waals surface area contributed by atoms with Crippen molar-refractivity contribution in [2.75, 3.05) is 13.1 Å². The molecule has 1 saturated carbocycles. The Labute approximate surface area is 219 Å². The van der Waals surface area contributed by atoms with Crippen molar-refractivity contribution in [3.05, 3.63) is 51.2 Å². The van der Waals surface area contributed by atoms with E-state index in [2.05, 4.69) is 11.8 Å². The van der Waals surface area contributed by atoms with Gasteiger partial charge >= 0.3 is 0 Å². The molecule has 0 heterocycles. The highest BCUT2D eigenvalue weighted by Crippen LogP contribution is 2.51. The molecular weight excluding hydrogens is 495 g/mol. The Bertz CT molecular complexity index is 1300. The topological polar surface area (TPSA) is 161 Å². The summed E-state index contributed by atoms with van der Waals surface area (Å²) in [5.74, 6) is -7.19. The lowest BCUT2D eigenvalue weighted by molar-refractivity contribution is -0.144. The van der Waals surface area contributed by atoms with Gasteiger partial charge in [0.1, 0.15) is 28.7 Å². The first-order valence-corrected chi connectivity index (χ1v) is 13.2. The number of aliphatic hydroxyl groups excluding tert-OH is 2. The second-order valence-corrected chi connectivity index (χ2v) is 11.2. The number of nitrogens with two attached hydrogens (primary N) is 1. The Morgan fingerprint density at radius 1 is 1.21 bits per heavy atom. The Kier molecular flexibility index (Phi) is 6.59. The molecule has 1 fully saturated rings. The molecule has 1 aromatic rings. The highest BCUT2D eigenvalue weighted by molar-refractivity contribution is 6.24. The summed E-state index contributed by atoms with van der Waals surface area (Å²) in [7, 11) is 0. The van der Waals surface area contributed by atoms with Crippen molar-refractivity contribution >= 4 is 17.5 Å². The number of carbonyl (C=O) groups is 3. The van der Waals surface area contributed by atoms with Crippen molar-refractivity contribution < 1.29 is 39.2 Å². The van der Waals surface area contributed by atoms with E-state index in [4.69, 9.17) is 5.73 Å². The molecule has 4 aliphatic carbocycles. The Balaban J connectivity index is 1.53. The molecule has 204 valence electrons. The summed E-state index contributed by atoms with van der Waals surface area (Å²) in [6.45, 7) is 4.02. The molecule has 0 radical (unpaired) electrons. The minimum absolute atomic E-state index is 0.0301. The number of aromatic hydroxyl groups is 1. The molecule has 1 aromatic carbocycles. The van der Waals surface area contributed by atoms with Crippen LogP contribution in [0.5, 0.6) is 5.75 Å². The average molecular weight is 529 g/mol. The number of hydrogen-bond donors (Lipinski definition) is 5. The van der Waals surface area contributed by atoms with Crippen LogP contribution in [0.1, 0.15) is 66.9 Å². The van der Waals surface area contributed by atoms with Gasteiger partial charge in [0.15, 0.2) is 11.4 Å².